The van der Waals surface area contributed by atoms with Gasteiger partial charge in [-0.25, -0.2) is 0 Å². The summed E-state index contributed by atoms with van der Waals surface area (Å²) in [4.78, 5) is 28.0. The third-order valence-corrected chi connectivity index (χ3v) is 7.01. The van der Waals surface area contributed by atoms with E-state index >= 15 is 0 Å². The van der Waals surface area contributed by atoms with E-state index in [0.717, 1.165) is 44.3 Å². The van der Waals surface area contributed by atoms with Crippen LogP contribution in [0.1, 0.15) is 86.6 Å². The third kappa shape index (κ3) is 9.78. The summed E-state index contributed by atoms with van der Waals surface area (Å²) in [5.41, 5.74) is 1.08. The van der Waals surface area contributed by atoms with Gasteiger partial charge in [-0.2, -0.15) is 0 Å². The lowest BCUT2D eigenvalue weighted by atomic mass is 9.97. The van der Waals surface area contributed by atoms with Crippen molar-refractivity contribution < 1.29 is 24.5 Å². The van der Waals surface area contributed by atoms with Crippen molar-refractivity contribution in [2.24, 2.45) is 0 Å². The van der Waals surface area contributed by atoms with Crippen LogP contribution in [0.3, 0.4) is 0 Å². The first kappa shape index (κ1) is 27.4. The van der Waals surface area contributed by atoms with Crippen LogP contribution in [0.5, 0.6) is 5.75 Å². The molecule has 1 aromatic rings. The summed E-state index contributed by atoms with van der Waals surface area (Å²) in [6, 6.07) is 3.79. The number of aliphatic hydroxyl groups is 1. The zero-order chi connectivity index (χ0) is 24.9. The molecule has 1 aliphatic heterocycles. The molecule has 0 unspecified atom stereocenters. The average Bonchev–Trinajstić information content (AvgIpc) is 2.84. The lowest BCUT2D eigenvalue weighted by molar-refractivity contribution is -0.124. The molecular weight excluding hydrogens is 446 g/mol. The van der Waals surface area contributed by atoms with E-state index < -0.39 is 18.6 Å². The zero-order valence-electron chi connectivity index (χ0n) is 21.0. The molecule has 0 spiro atoms. The highest BCUT2D eigenvalue weighted by molar-refractivity contribution is 5.98. The number of aliphatic hydroxyl groups excluding tert-OH is 1. The second kappa shape index (κ2) is 15.1. The molecule has 3 rings (SSSR count). The monoisotopic (exact) mass is 489 g/mol. The lowest BCUT2D eigenvalue weighted by Crippen LogP contribution is -2.51. The summed E-state index contributed by atoms with van der Waals surface area (Å²) in [6.07, 6.45) is 12.8. The molecule has 2 fully saturated rings. The number of morpholine rings is 1. The first-order chi connectivity index (χ1) is 17.0. The molecule has 4 N–H and O–H groups in total. The van der Waals surface area contributed by atoms with Gasteiger partial charge in [-0.15, -0.1) is 0 Å². The fourth-order valence-corrected chi connectivity index (χ4v) is 4.96. The molecule has 1 saturated carbocycles. The standard InChI is InChI=1S/C27H43N3O5/c31-20-25(27(34)28-23-10-8-6-4-2-1-3-5-7-9-11-23)29-26(33)22-16-21(17-24(32)18-22)19-30-12-14-35-15-13-30/h16-18,23,25,31-32H,1-15,19-20H2,(H,28,34)(H,29,33)/t25-/m0/s1. The Morgan fingerprint density at radius 1 is 0.943 bits per heavy atom. The van der Waals surface area contributed by atoms with Crippen LogP contribution in [-0.4, -0.2) is 71.9 Å². The van der Waals surface area contributed by atoms with Gasteiger partial charge < -0.3 is 25.6 Å². The minimum absolute atomic E-state index is 0.000804. The molecule has 8 heteroatoms. The van der Waals surface area contributed by atoms with Gasteiger partial charge in [0.25, 0.3) is 5.91 Å². The predicted molar refractivity (Wildman–Crippen MR) is 135 cm³/mol. The van der Waals surface area contributed by atoms with Crippen molar-refractivity contribution in [2.45, 2.75) is 89.3 Å². The number of carbonyl (C=O) groups is 2. The smallest absolute Gasteiger partial charge is 0.252 e. The van der Waals surface area contributed by atoms with E-state index in [2.05, 4.69) is 15.5 Å². The summed E-state index contributed by atoms with van der Waals surface area (Å²) < 4.78 is 5.37. The molecule has 2 aliphatic rings. The minimum atomic E-state index is -1.03. The molecule has 0 aromatic heterocycles. The number of rotatable bonds is 7. The van der Waals surface area contributed by atoms with Crippen LogP contribution in [0.4, 0.5) is 0 Å². The largest absolute Gasteiger partial charge is 0.508 e. The Bertz CT molecular complexity index is 785. The second-order valence-electron chi connectivity index (χ2n) is 9.95. The van der Waals surface area contributed by atoms with Gasteiger partial charge in [0.1, 0.15) is 11.8 Å². The van der Waals surface area contributed by atoms with Crippen LogP contribution in [0, 0.1) is 0 Å². The maximum absolute atomic E-state index is 12.9. The number of phenolic OH excluding ortho intramolecular Hbond substituents is 1. The molecule has 8 nitrogen and oxygen atoms in total. The Morgan fingerprint density at radius 3 is 2.14 bits per heavy atom. The second-order valence-corrected chi connectivity index (χ2v) is 9.95. The van der Waals surface area contributed by atoms with E-state index in [1.54, 1.807) is 12.1 Å². The van der Waals surface area contributed by atoms with Gasteiger partial charge >= 0.3 is 0 Å². The van der Waals surface area contributed by atoms with Gasteiger partial charge in [0, 0.05) is 31.2 Å². The van der Waals surface area contributed by atoms with Gasteiger partial charge in [0.15, 0.2) is 0 Å². The number of ether oxygens (including phenoxy) is 1. The summed E-state index contributed by atoms with van der Waals surface area (Å²) in [5, 5.41) is 25.7. The fourth-order valence-electron chi connectivity index (χ4n) is 4.96. The maximum atomic E-state index is 12.9. The van der Waals surface area contributed by atoms with Gasteiger partial charge in [0.2, 0.25) is 5.91 Å². The molecule has 196 valence electrons. The fraction of sp³-hybridized carbons (Fsp3) is 0.704. The summed E-state index contributed by atoms with van der Waals surface area (Å²) in [7, 11) is 0. The number of amides is 2. The van der Waals surface area contributed by atoms with E-state index in [0.29, 0.717) is 19.8 Å². The van der Waals surface area contributed by atoms with Crippen LogP contribution >= 0.6 is 0 Å². The van der Waals surface area contributed by atoms with Crippen molar-refractivity contribution in [1.29, 1.82) is 0 Å². The number of hydrogen-bond donors (Lipinski definition) is 4. The molecule has 1 aromatic carbocycles. The van der Waals surface area contributed by atoms with Gasteiger partial charge in [0.05, 0.1) is 19.8 Å². The Morgan fingerprint density at radius 2 is 1.54 bits per heavy atom. The quantitative estimate of drug-likeness (QED) is 0.468. The van der Waals surface area contributed by atoms with E-state index in [4.69, 9.17) is 4.74 Å². The Balaban J connectivity index is 1.56. The van der Waals surface area contributed by atoms with Gasteiger partial charge in [-0.05, 0) is 36.6 Å². The summed E-state index contributed by atoms with van der Waals surface area (Å²) >= 11 is 0. The highest BCUT2D eigenvalue weighted by Crippen LogP contribution is 2.19. The van der Waals surface area contributed by atoms with Crippen molar-refractivity contribution in [3.05, 3.63) is 29.3 Å². The highest BCUT2D eigenvalue weighted by atomic mass is 16.5. The molecule has 35 heavy (non-hydrogen) atoms. The van der Waals surface area contributed by atoms with Crippen molar-refractivity contribution in [2.75, 3.05) is 32.9 Å². The first-order valence-corrected chi connectivity index (χ1v) is 13.4. The Hall–Kier alpha value is -2.16. The minimum Gasteiger partial charge on any atom is -0.508 e. The number of phenols is 1. The van der Waals surface area contributed by atoms with Crippen molar-refractivity contribution in [3.8, 4) is 5.75 Å². The molecule has 1 atom stereocenters. The van der Waals surface area contributed by atoms with Crippen LogP contribution in [-0.2, 0) is 16.1 Å². The average molecular weight is 490 g/mol. The maximum Gasteiger partial charge on any atom is 0.252 e. The van der Waals surface area contributed by atoms with Gasteiger partial charge in [-0.3, -0.25) is 14.5 Å². The Kier molecular flexibility index (Phi) is 11.8. The van der Waals surface area contributed by atoms with Crippen molar-refractivity contribution in [1.82, 2.24) is 15.5 Å². The molecule has 0 bridgehead atoms. The molecule has 1 saturated heterocycles. The first-order valence-electron chi connectivity index (χ1n) is 13.4. The number of hydrogen-bond acceptors (Lipinski definition) is 6. The summed E-state index contributed by atoms with van der Waals surface area (Å²) in [6.45, 7) is 3.05. The van der Waals surface area contributed by atoms with Crippen LogP contribution < -0.4 is 10.6 Å². The van der Waals surface area contributed by atoms with Crippen molar-refractivity contribution >= 4 is 11.8 Å². The number of carbonyl (C=O) groups excluding carboxylic acids is 2. The van der Waals surface area contributed by atoms with E-state index in [9.17, 15) is 19.8 Å². The Labute approximate surface area is 209 Å². The molecule has 1 heterocycles. The topological polar surface area (TPSA) is 111 Å². The summed E-state index contributed by atoms with van der Waals surface area (Å²) in [5.74, 6) is -0.845. The van der Waals surface area contributed by atoms with Crippen LogP contribution in [0.2, 0.25) is 0 Å². The number of benzene rings is 1. The predicted octanol–water partition coefficient (Wildman–Crippen LogP) is 3.10. The number of nitrogens with one attached hydrogen (secondary N) is 2. The van der Waals surface area contributed by atoms with Gasteiger partial charge in [-0.1, -0.05) is 57.8 Å². The molecule has 1 aliphatic carbocycles. The lowest BCUT2D eigenvalue weighted by Gasteiger charge is -2.26. The van der Waals surface area contributed by atoms with Crippen LogP contribution in [0.25, 0.3) is 0 Å². The number of nitrogens with zero attached hydrogens (tertiary/aromatic N) is 1. The van der Waals surface area contributed by atoms with Crippen molar-refractivity contribution in [3.63, 3.8) is 0 Å². The number of aromatic hydroxyl groups is 1. The van der Waals surface area contributed by atoms with Crippen LogP contribution in [0.15, 0.2) is 18.2 Å². The SMILES string of the molecule is O=C(N[C@@H](CO)C(=O)NC1CCCCCCCCCCC1)c1cc(O)cc(CN2CCOCC2)c1. The van der Waals surface area contributed by atoms with E-state index in [-0.39, 0.29) is 23.3 Å². The third-order valence-electron chi connectivity index (χ3n) is 7.01. The normalized spacial score (nSPS) is 20.3. The van der Waals surface area contributed by atoms with E-state index in [1.165, 1.54) is 51.0 Å². The molecular formula is C27H43N3O5. The zero-order valence-corrected chi connectivity index (χ0v) is 21.0. The molecule has 0 radical (unpaired) electrons. The highest BCUT2D eigenvalue weighted by Gasteiger charge is 2.24. The van der Waals surface area contributed by atoms with E-state index in [1.807, 2.05) is 0 Å². The molecule has 2 amide bonds.